The number of halogens is 3. The van der Waals surface area contributed by atoms with Gasteiger partial charge in [0.05, 0.1) is 24.9 Å². The summed E-state index contributed by atoms with van der Waals surface area (Å²) in [4.78, 5) is 39.1. The van der Waals surface area contributed by atoms with Crippen LogP contribution in [0, 0.1) is 11.8 Å². The molecule has 7 nitrogen and oxygen atoms in total. The lowest BCUT2D eigenvalue weighted by Gasteiger charge is -2.38. The first kappa shape index (κ1) is 26.5. The largest absolute Gasteiger partial charge is 0.468 e. The Labute approximate surface area is 201 Å². The zero-order chi connectivity index (χ0) is 25.9. The molecule has 3 atom stereocenters. The fraction of sp³-hybridized carbons (Fsp3) is 0.480. The van der Waals surface area contributed by atoms with E-state index in [1.165, 1.54) is 19.2 Å². The first-order chi connectivity index (χ1) is 16.5. The van der Waals surface area contributed by atoms with Crippen LogP contribution in [-0.2, 0) is 34.8 Å². The second-order valence-electron chi connectivity index (χ2n) is 8.49. The molecule has 1 N–H and O–H groups in total. The zero-order valence-electron chi connectivity index (χ0n) is 20.0. The third kappa shape index (κ3) is 5.42. The highest BCUT2D eigenvalue weighted by Crippen LogP contribution is 2.45. The molecule has 2 aliphatic rings. The van der Waals surface area contributed by atoms with E-state index in [0.29, 0.717) is 30.0 Å². The van der Waals surface area contributed by atoms with Crippen molar-refractivity contribution in [2.24, 2.45) is 11.8 Å². The molecule has 1 aliphatic heterocycles. The second-order valence-corrected chi connectivity index (χ2v) is 8.49. The van der Waals surface area contributed by atoms with Gasteiger partial charge in [0.1, 0.15) is 12.5 Å². The molecule has 0 fully saturated rings. The molecule has 0 unspecified atom stereocenters. The predicted octanol–water partition coefficient (Wildman–Crippen LogP) is 3.90. The van der Waals surface area contributed by atoms with Gasteiger partial charge in [0, 0.05) is 29.5 Å². The molecule has 0 amide bonds. The highest BCUT2D eigenvalue weighted by atomic mass is 19.4. The van der Waals surface area contributed by atoms with Gasteiger partial charge in [0.15, 0.2) is 5.78 Å². The lowest BCUT2D eigenvalue weighted by Crippen LogP contribution is -2.43. The fourth-order valence-electron chi connectivity index (χ4n) is 4.56. The van der Waals surface area contributed by atoms with Crippen molar-refractivity contribution in [1.82, 2.24) is 5.32 Å². The van der Waals surface area contributed by atoms with Gasteiger partial charge in [-0.3, -0.25) is 9.59 Å². The summed E-state index contributed by atoms with van der Waals surface area (Å²) in [5.74, 6) is -4.44. The van der Waals surface area contributed by atoms with E-state index in [1.807, 2.05) is 0 Å². The van der Waals surface area contributed by atoms with Crippen molar-refractivity contribution in [3.63, 3.8) is 0 Å². The van der Waals surface area contributed by atoms with E-state index in [2.05, 4.69) is 5.32 Å². The number of Topliss-reactive ketones (excluding diaryl/α,β-unsaturated/α-hetero) is 1. The Morgan fingerprint density at radius 2 is 1.80 bits per heavy atom. The number of rotatable bonds is 7. The maximum atomic E-state index is 13.6. The van der Waals surface area contributed by atoms with E-state index >= 15 is 0 Å². The van der Waals surface area contributed by atoms with Gasteiger partial charge in [-0.05, 0) is 43.9 Å². The van der Waals surface area contributed by atoms with Gasteiger partial charge in [0.25, 0.3) is 0 Å². The van der Waals surface area contributed by atoms with Gasteiger partial charge >= 0.3 is 18.1 Å². The number of methoxy groups -OCH3 is 1. The average Bonchev–Trinajstić information content (AvgIpc) is 2.80. The van der Waals surface area contributed by atoms with Crippen LogP contribution in [0.1, 0.15) is 44.2 Å². The minimum atomic E-state index is -4.55. The van der Waals surface area contributed by atoms with E-state index in [1.54, 1.807) is 20.8 Å². The molecule has 10 heteroatoms. The number of alkyl halides is 3. The molecule has 0 bridgehead atoms. The average molecular weight is 495 g/mol. The Morgan fingerprint density at radius 1 is 1.14 bits per heavy atom. The fourth-order valence-corrected chi connectivity index (χ4v) is 4.56. The Hall–Kier alpha value is -3.14. The molecule has 1 aromatic rings. The number of carbonyl (C=O) groups is 3. The smallest absolute Gasteiger partial charge is 0.416 e. The minimum absolute atomic E-state index is 0.0368. The summed E-state index contributed by atoms with van der Waals surface area (Å²) in [6, 6.07) is 4.28. The van der Waals surface area contributed by atoms with Crippen LogP contribution in [0.25, 0.3) is 0 Å². The van der Waals surface area contributed by atoms with Crippen molar-refractivity contribution in [2.45, 2.75) is 39.3 Å². The maximum absolute atomic E-state index is 13.6. The zero-order valence-corrected chi connectivity index (χ0v) is 20.0. The monoisotopic (exact) mass is 495 g/mol. The lowest BCUT2D eigenvalue weighted by molar-refractivity contribution is -0.151. The number of ether oxygens (including phenoxy) is 3. The Morgan fingerprint density at radius 3 is 2.37 bits per heavy atom. The molecule has 1 aliphatic carbocycles. The van der Waals surface area contributed by atoms with Crippen molar-refractivity contribution in [3.05, 3.63) is 57.9 Å². The summed E-state index contributed by atoms with van der Waals surface area (Å²) in [6.45, 7) is 5.75. The van der Waals surface area contributed by atoms with Crippen LogP contribution in [-0.4, -0.2) is 44.7 Å². The third-order valence-electron chi connectivity index (χ3n) is 6.20. The Balaban J connectivity index is 2.09. The van der Waals surface area contributed by atoms with Crippen LogP contribution < -0.4 is 5.32 Å². The third-order valence-corrected chi connectivity index (χ3v) is 6.20. The molecule has 0 saturated heterocycles. The first-order valence-corrected chi connectivity index (χ1v) is 11.3. The van der Waals surface area contributed by atoms with Gasteiger partial charge in [-0.1, -0.05) is 19.1 Å². The van der Waals surface area contributed by atoms with Gasteiger partial charge in [-0.2, -0.15) is 13.2 Å². The highest BCUT2D eigenvalue weighted by molar-refractivity contribution is 6.12. The molecule has 0 aromatic heterocycles. The standard InChI is InChI=1S/C25H28F3NO6/c1-5-34-10-11-35-24(32)19-14(3)29-17-12-13(2)18(23(31)33-4)22(30)21(17)20(19)15-6-8-16(9-7-15)25(26,27)28/h6-9,13,18,20,29H,5,10-12H2,1-4H3/t13-,18+,20-/m0/s1. The summed E-state index contributed by atoms with van der Waals surface area (Å²) in [7, 11) is 1.18. The van der Waals surface area contributed by atoms with E-state index in [4.69, 9.17) is 14.2 Å². The number of benzene rings is 1. The van der Waals surface area contributed by atoms with E-state index < -0.39 is 41.3 Å². The number of hydrogen-bond acceptors (Lipinski definition) is 7. The van der Waals surface area contributed by atoms with Crippen molar-refractivity contribution in [1.29, 1.82) is 0 Å². The van der Waals surface area contributed by atoms with Crippen molar-refractivity contribution < 1.29 is 41.8 Å². The van der Waals surface area contributed by atoms with Crippen LogP contribution in [0.2, 0.25) is 0 Å². The van der Waals surface area contributed by atoms with Crippen LogP contribution in [0.15, 0.2) is 46.8 Å². The maximum Gasteiger partial charge on any atom is 0.416 e. The summed E-state index contributed by atoms with van der Waals surface area (Å²) >= 11 is 0. The molecule has 0 radical (unpaired) electrons. The number of allylic oxidation sites excluding steroid dienone is 3. The predicted molar refractivity (Wildman–Crippen MR) is 119 cm³/mol. The quantitative estimate of drug-likeness (QED) is 0.349. The van der Waals surface area contributed by atoms with Gasteiger partial charge in [-0.15, -0.1) is 0 Å². The summed E-state index contributed by atoms with van der Waals surface area (Å²) in [5, 5.41) is 3.10. The normalized spacial score (nSPS) is 22.5. The molecule has 1 heterocycles. The highest BCUT2D eigenvalue weighted by Gasteiger charge is 2.47. The molecule has 35 heavy (non-hydrogen) atoms. The van der Waals surface area contributed by atoms with Crippen molar-refractivity contribution in [2.75, 3.05) is 26.9 Å². The molecule has 1 aromatic carbocycles. The number of carbonyl (C=O) groups excluding carboxylic acids is 3. The first-order valence-electron chi connectivity index (χ1n) is 11.3. The molecule has 190 valence electrons. The summed E-state index contributed by atoms with van der Waals surface area (Å²) < 4.78 is 54.9. The van der Waals surface area contributed by atoms with Gasteiger partial charge in [-0.25, -0.2) is 4.79 Å². The number of hydrogen-bond donors (Lipinski definition) is 1. The van der Waals surface area contributed by atoms with Crippen LogP contribution in [0.5, 0.6) is 0 Å². The van der Waals surface area contributed by atoms with E-state index in [9.17, 15) is 27.6 Å². The molecular formula is C25H28F3NO6. The van der Waals surface area contributed by atoms with Gasteiger partial charge in [0.2, 0.25) is 0 Å². The van der Waals surface area contributed by atoms with Crippen molar-refractivity contribution >= 4 is 17.7 Å². The summed E-state index contributed by atoms with van der Waals surface area (Å²) in [5.41, 5.74) is 0.631. The number of dihydropyridines is 1. The minimum Gasteiger partial charge on any atom is -0.468 e. The topological polar surface area (TPSA) is 90.9 Å². The Bertz CT molecular complexity index is 1060. The Kier molecular flexibility index (Phi) is 8.04. The van der Waals surface area contributed by atoms with Gasteiger partial charge < -0.3 is 19.5 Å². The summed E-state index contributed by atoms with van der Waals surface area (Å²) in [6.07, 6.45) is -4.22. The number of ketones is 1. The molecule has 3 rings (SSSR count). The lowest BCUT2D eigenvalue weighted by atomic mass is 9.69. The van der Waals surface area contributed by atoms with E-state index in [-0.39, 0.29) is 30.3 Å². The SMILES string of the molecule is CCOCCOC(=O)C1=C(C)NC2=C(C(=O)[C@H](C(=O)OC)[C@@H](C)C2)[C@H]1c1ccc(C(F)(F)F)cc1. The van der Waals surface area contributed by atoms with Crippen LogP contribution in [0.3, 0.4) is 0 Å². The molecule has 0 spiro atoms. The van der Waals surface area contributed by atoms with Crippen LogP contribution >= 0.6 is 0 Å². The molecular weight excluding hydrogens is 467 g/mol. The number of nitrogens with one attached hydrogen (secondary N) is 1. The van der Waals surface area contributed by atoms with Crippen molar-refractivity contribution in [3.8, 4) is 0 Å². The van der Waals surface area contributed by atoms with E-state index in [0.717, 1.165) is 12.1 Å². The van der Waals surface area contributed by atoms with Crippen LogP contribution in [0.4, 0.5) is 13.2 Å². The second kappa shape index (κ2) is 10.6. The molecule has 0 saturated carbocycles. The number of esters is 2.